The molecular formula is C31H37ClFN3O4S. The number of hydrogen-bond acceptors (Lipinski definition) is 4. The monoisotopic (exact) mass is 601 g/mol. The average molecular weight is 602 g/mol. The zero-order valence-electron chi connectivity index (χ0n) is 24.2. The zero-order chi connectivity index (χ0) is 30.5. The van der Waals surface area contributed by atoms with Crippen molar-refractivity contribution in [2.45, 2.75) is 71.0 Å². The molecule has 1 atom stereocenters. The van der Waals surface area contributed by atoms with Gasteiger partial charge in [0.05, 0.1) is 10.6 Å². The van der Waals surface area contributed by atoms with Crippen molar-refractivity contribution < 1.29 is 22.4 Å². The maximum atomic E-state index is 14.1. The Hall–Kier alpha value is -3.43. The molecule has 0 saturated heterocycles. The van der Waals surface area contributed by atoms with Crippen LogP contribution in [0, 0.1) is 19.7 Å². The fraction of sp³-hybridized carbons (Fsp3) is 0.355. The molecule has 1 unspecified atom stereocenters. The van der Waals surface area contributed by atoms with Gasteiger partial charge in [-0.15, -0.1) is 0 Å². The minimum atomic E-state index is -4.20. The molecule has 0 radical (unpaired) electrons. The van der Waals surface area contributed by atoms with Crippen LogP contribution in [-0.2, 0) is 26.2 Å². The number of amides is 2. The number of benzene rings is 3. The summed E-state index contributed by atoms with van der Waals surface area (Å²) >= 11 is 6.16. The normalized spacial score (nSPS) is 12.5. The first-order valence-corrected chi connectivity index (χ1v) is 15.2. The highest BCUT2D eigenvalue weighted by Gasteiger charge is 2.35. The van der Waals surface area contributed by atoms with E-state index in [9.17, 15) is 22.4 Å². The van der Waals surface area contributed by atoms with Gasteiger partial charge >= 0.3 is 0 Å². The van der Waals surface area contributed by atoms with Crippen molar-refractivity contribution in [2.75, 3.05) is 10.8 Å². The van der Waals surface area contributed by atoms with Crippen molar-refractivity contribution >= 4 is 39.1 Å². The van der Waals surface area contributed by atoms with Gasteiger partial charge in [0.1, 0.15) is 18.4 Å². The highest BCUT2D eigenvalue weighted by Crippen LogP contribution is 2.30. The molecule has 3 rings (SSSR count). The molecule has 0 aliphatic rings. The van der Waals surface area contributed by atoms with Gasteiger partial charge in [0.2, 0.25) is 11.8 Å². The highest BCUT2D eigenvalue weighted by atomic mass is 35.5. The van der Waals surface area contributed by atoms with Crippen LogP contribution in [0.5, 0.6) is 0 Å². The molecule has 0 aliphatic heterocycles. The van der Waals surface area contributed by atoms with Crippen molar-refractivity contribution in [3.05, 3.63) is 94.3 Å². The van der Waals surface area contributed by atoms with Crippen molar-refractivity contribution in [1.29, 1.82) is 0 Å². The second kappa shape index (κ2) is 13.0. The molecule has 3 aromatic carbocycles. The molecule has 0 bridgehead atoms. The molecular weight excluding hydrogens is 565 g/mol. The fourth-order valence-corrected chi connectivity index (χ4v) is 6.11. The molecule has 3 aromatic rings. The Bertz CT molecular complexity index is 1490. The van der Waals surface area contributed by atoms with E-state index in [-0.39, 0.29) is 29.5 Å². The summed E-state index contributed by atoms with van der Waals surface area (Å²) in [5, 5.41) is 3.35. The van der Waals surface area contributed by atoms with E-state index in [2.05, 4.69) is 5.32 Å². The number of carbonyl (C=O) groups excluding carboxylic acids is 2. The topological polar surface area (TPSA) is 86.8 Å². The van der Waals surface area contributed by atoms with Gasteiger partial charge in [-0.1, -0.05) is 48.4 Å². The predicted octanol–water partition coefficient (Wildman–Crippen LogP) is 6.01. The summed E-state index contributed by atoms with van der Waals surface area (Å²) in [5.41, 5.74) is 1.77. The average Bonchev–Trinajstić information content (AvgIpc) is 2.87. The van der Waals surface area contributed by atoms with Crippen LogP contribution in [0.25, 0.3) is 0 Å². The van der Waals surface area contributed by atoms with E-state index in [0.717, 1.165) is 9.87 Å². The zero-order valence-corrected chi connectivity index (χ0v) is 25.8. The van der Waals surface area contributed by atoms with Gasteiger partial charge in [-0.05, 0) is 94.6 Å². The van der Waals surface area contributed by atoms with Gasteiger partial charge in [0.25, 0.3) is 10.0 Å². The van der Waals surface area contributed by atoms with Crippen LogP contribution in [0.15, 0.2) is 71.6 Å². The molecule has 0 heterocycles. The Morgan fingerprint density at radius 1 is 0.976 bits per heavy atom. The van der Waals surface area contributed by atoms with Crippen LogP contribution in [-0.4, -0.2) is 43.3 Å². The summed E-state index contributed by atoms with van der Waals surface area (Å²) in [4.78, 5) is 28.9. The summed E-state index contributed by atoms with van der Waals surface area (Å²) in [6, 6.07) is 15.8. The lowest BCUT2D eigenvalue weighted by molar-refractivity contribution is -0.141. The van der Waals surface area contributed by atoms with Gasteiger partial charge in [0.15, 0.2) is 0 Å². The number of nitrogens with one attached hydrogen (secondary N) is 1. The number of carbonyl (C=O) groups is 2. The third-order valence-corrected chi connectivity index (χ3v) is 8.47. The number of halogens is 2. The molecule has 0 saturated carbocycles. The van der Waals surface area contributed by atoms with Crippen LogP contribution in [0.3, 0.4) is 0 Å². The molecule has 0 fully saturated rings. The summed E-state index contributed by atoms with van der Waals surface area (Å²) in [6.07, 6.45) is 0.277. The van der Waals surface area contributed by atoms with E-state index in [1.54, 1.807) is 44.2 Å². The smallest absolute Gasteiger partial charge is 0.264 e. The summed E-state index contributed by atoms with van der Waals surface area (Å²) in [7, 11) is -4.20. The first-order valence-electron chi connectivity index (χ1n) is 13.3. The Morgan fingerprint density at radius 2 is 1.59 bits per heavy atom. The number of sulfonamides is 1. The summed E-state index contributed by atoms with van der Waals surface area (Å²) in [6.45, 7) is 10.3. The van der Waals surface area contributed by atoms with Crippen molar-refractivity contribution in [2.24, 2.45) is 0 Å². The van der Waals surface area contributed by atoms with E-state index in [1.807, 2.05) is 27.7 Å². The molecule has 10 heteroatoms. The lowest BCUT2D eigenvalue weighted by Gasteiger charge is -2.35. The Kier molecular flexibility index (Phi) is 10.2. The Morgan fingerprint density at radius 3 is 2.12 bits per heavy atom. The van der Waals surface area contributed by atoms with E-state index in [0.29, 0.717) is 16.1 Å². The van der Waals surface area contributed by atoms with Crippen molar-refractivity contribution in [1.82, 2.24) is 10.2 Å². The van der Waals surface area contributed by atoms with Gasteiger partial charge in [-0.25, -0.2) is 12.8 Å². The molecule has 1 N–H and O–H groups in total. The maximum absolute atomic E-state index is 14.1. The molecule has 0 aromatic heterocycles. The first-order chi connectivity index (χ1) is 19.1. The van der Waals surface area contributed by atoms with Crippen LogP contribution in [0.1, 0.15) is 50.8 Å². The van der Waals surface area contributed by atoms with Gasteiger partial charge in [-0.3, -0.25) is 13.9 Å². The molecule has 0 aliphatic carbocycles. The van der Waals surface area contributed by atoms with Gasteiger partial charge < -0.3 is 10.2 Å². The second-order valence-corrected chi connectivity index (χ2v) is 13.4. The SMILES string of the molecule is CCC(C(=O)NC(C)(C)C)N(Cc1ccc(F)cc1)C(=O)CN(c1ccc(Cl)cc1C)S(=O)(=O)c1ccc(C)cc1. The number of anilines is 1. The van der Waals surface area contributed by atoms with Crippen LogP contribution >= 0.6 is 11.6 Å². The van der Waals surface area contributed by atoms with E-state index in [4.69, 9.17) is 11.6 Å². The largest absolute Gasteiger partial charge is 0.350 e. The quantitative estimate of drug-likeness (QED) is 0.308. The van der Waals surface area contributed by atoms with Crippen LogP contribution in [0.4, 0.5) is 10.1 Å². The Labute approximate surface area is 247 Å². The summed E-state index contributed by atoms with van der Waals surface area (Å²) < 4.78 is 42.7. The first kappa shape index (κ1) is 32.1. The van der Waals surface area contributed by atoms with E-state index in [1.165, 1.54) is 41.3 Å². The van der Waals surface area contributed by atoms with Crippen molar-refractivity contribution in [3.8, 4) is 0 Å². The minimum absolute atomic E-state index is 0.0206. The van der Waals surface area contributed by atoms with Gasteiger partial charge in [0, 0.05) is 17.1 Å². The third kappa shape index (κ3) is 8.30. The molecule has 0 spiro atoms. The fourth-order valence-electron chi connectivity index (χ4n) is 4.41. The van der Waals surface area contributed by atoms with Crippen molar-refractivity contribution in [3.63, 3.8) is 0 Å². The maximum Gasteiger partial charge on any atom is 0.264 e. The van der Waals surface area contributed by atoms with Gasteiger partial charge in [-0.2, -0.15) is 0 Å². The number of rotatable bonds is 10. The lowest BCUT2D eigenvalue weighted by atomic mass is 10.1. The molecule has 220 valence electrons. The predicted molar refractivity (Wildman–Crippen MR) is 161 cm³/mol. The number of hydrogen-bond donors (Lipinski definition) is 1. The summed E-state index contributed by atoms with van der Waals surface area (Å²) in [5.74, 6) is -1.39. The third-order valence-electron chi connectivity index (χ3n) is 6.47. The standard InChI is InChI=1S/C31H37ClFN3O4S/c1-7-27(30(38)34-31(4,5)6)35(19-23-10-13-25(33)14-11-23)29(37)20-36(28-17-12-24(32)18-22(28)3)41(39,40)26-15-8-21(2)9-16-26/h8-18,27H,7,19-20H2,1-6H3,(H,34,38). The van der Waals surface area contributed by atoms with Crippen LogP contribution < -0.4 is 9.62 Å². The highest BCUT2D eigenvalue weighted by molar-refractivity contribution is 7.92. The molecule has 2 amide bonds. The van der Waals surface area contributed by atoms with E-state index >= 15 is 0 Å². The molecule has 7 nitrogen and oxygen atoms in total. The minimum Gasteiger partial charge on any atom is -0.350 e. The molecule has 41 heavy (non-hydrogen) atoms. The van der Waals surface area contributed by atoms with Crippen LogP contribution in [0.2, 0.25) is 5.02 Å². The van der Waals surface area contributed by atoms with E-state index < -0.39 is 39.9 Å². The lowest BCUT2D eigenvalue weighted by Crippen LogP contribution is -2.55. The number of aryl methyl sites for hydroxylation is 2. The second-order valence-electron chi connectivity index (χ2n) is 11.1. The number of nitrogens with zero attached hydrogens (tertiary/aromatic N) is 2. The Balaban J connectivity index is 2.10.